The van der Waals surface area contributed by atoms with Crippen LogP contribution in [0.15, 0.2) is 53.3 Å². The predicted octanol–water partition coefficient (Wildman–Crippen LogP) is 4.48. The molecule has 1 aliphatic rings. The lowest BCUT2D eigenvalue weighted by Gasteiger charge is -2.19. The van der Waals surface area contributed by atoms with Crippen molar-refractivity contribution in [1.29, 1.82) is 0 Å². The highest BCUT2D eigenvalue weighted by Crippen LogP contribution is 2.42. The Morgan fingerprint density at radius 1 is 1.15 bits per heavy atom. The van der Waals surface area contributed by atoms with Gasteiger partial charge in [0, 0.05) is 36.3 Å². The number of benzene rings is 2. The molecule has 138 valence electrons. The zero-order chi connectivity index (χ0) is 19.1. The molecule has 1 amide bonds. The molecule has 0 atom stereocenters. The Bertz CT molecular complexity index is 1090. The third-order valence-electron chi connectivity index (χ3n) is 5.42. The molecule has 1 heterocycles. The number of aryl methyl sites for hydroxylation is 2. The highest BCUT2D eigenvalue weighted by molar-refractivity contribution is 6.07. The van der Waals surface area contributed by atoms with Crippen LogP contribution in [0.1, 0.15) is 47.2 Å². The van der Waals surface area contributed by atoms with Crippen LogP contribution in [0.4, 0.5) is 5.69 Å². The van der Waals surface area contributed by atoms with Gasteiger partial charge in [-0.15, -0.1) is 0 Å². The first-order valence-corrected chi connectivity index (χ1v) is 9.52. The van der Waals surface area contributed by atoms with Crippen LogP contribution in [0.2, 0.25) is 0 Å². The fourth-order valence-corrected chi connectivity index (χ4v) is 3.75. The van der Waals surface area contributed by atoms with Gasteiger partial charge in [0.25, 0.3) is 11.5 Å². The standard InChI is InChI=1S/C23H24N2O2/c1-4-25-21-11-10-17(13-20(21)19(14-22(25)26)16-8-9-16)23(27)24(3)18-7-5-6-15(2)12-18/h5-7,10-14,16H,4,8-9H2,1-3H3. The van der Waals surface area contributed by atoms with Gasteiger partial charge >= 0.3 is 0 Å². The Kier molecular flexibility index (Phi) is 4.34. The van der Waals surface area contributed by atoms with Crippen LogP contribution in [0.3, 0.4) is 0 Å². The molecule has 4 nitrogen and oxygen atoms in total. The normalized spacial score (nSPS) is 13.7. The Morgan fingerprint density at radius 3 is 2.59 bits per heavy atom. The zero-order valence-electron chi connectivity index (χ0n) is 16.0. The second kappa shape index (κ2) is 6.69. The molecule has 1 aliphatic carbocycles. The first-order valence-electron chi connectivity index (χ1n) is 9.52. The van der Waals surface area contributed by atoms with E-state index in [-0.39, 0.29) is 11.5 Å². The van der Waals surface area contributed by atoms with Gasteiger partial charge in [-0.05, 0) is 74.1 Å². The van der Waals surface area contributed by atoms with Gasteiger partial charge in [-0.1, -0.05) is 12.1 Å². The molecule has 0 aliphatic heterocycles. The van der Waals surface area contributed by atoms with Crippen LogP contribution >= 0.6 is 0 Å². The maximum Gasteiger partial charge on any atom is 0.258 e. The van der Waals surface area contributed by atoms with E-state index in [9.17, 15) is 9.59 Å². The summed E-state index contributed by atoms with van der Waals surface area (Å²) < 4.78 is 1.78. The molecule has 27 heavy (non-hydrogen) atoms. The van der Waals surface area contributed by atoms with Crippen LogP contribution in [-0.4, -0.2) is 17.5 Å². The van der Waals surface area contributed by atoms with E-state index in [1.54, 1.807) is 22.6 Å². The number of rotatable bonds is 4. The highest BCUT2D eigenvalue weighted by atomic mass is 16.2. The summed E-state index contributed by atoms with van der Waals surface area (Å²) in [5.41, 5.74) is 4.70. The van der Waals surface area contributed by atoms with E-state index in [4.69, 9.17) is 0 Å². The minimum Gasteiger partial charge on any atom is -0.311 e. The number of aromatic nitrogens is 1. The molecular weight excluding hydrogens is 336 g/mol. The fourth-order valence-electron chi connectivity index (χ4n) is 3.75. The van der Waals surface area contributed by atoms with Gasteiger partial charge in [0.05, 0.1) is 5.52 Å². The van der Waals surface area contributed by atoms with Crippen molar-refractivity contribution in [3.8, 4) is 0 Å². The lowest BCUT2D eigenvalue weighted by molar-refractivity contribution is 0.0993. The summed E-state index contributed by atoms with van der Waals surface area (Å²) in [4.78, 5) is 27.2. The van der Waals surface area contributed by atoms with Gasteiger partial charge in [0.2, 0.25) is 0 Å². The van der Waals surface area contributed by atoms with Crippen molar-refractivity contribution in [3.63, 3.8) is 0 Å². The van der Waals surface area contributed by atoms with Crippen molar-refractivity contribution in [2.45, 2.75) is 39.2 Å². The van der Waals surface area contributed by atoms with Crippen molar-refractivity contribution in [3.05, 3.63) is 75.6 Å². The molecule has 4 rings (SSSR count). The highest BCUT2D eigenvalue weighted by Gasteiger charge is 2.27. The second-order valence-electron chi connectivity index (χ2n) is 7.39. The number of fused-ring (bicyclic) bond motifs is 1. The number of carbonyl (C=O) groups excluding carboxylic acids is 1. The summed E-state index contributed by atoms with van der Waals surface area (Å²) in [5, 5.41) is 1.03. The first-order chi connectivity index (χ1) is 13.0. The van der Waals surface area contributed by atoms with E-state index in [2.05, 4.69) is 0 Å². The lowest BCUT2D eigenvalue weighted by Crippen LogP contribution is -2.26. The van der Waals surface area contributed by atoms with Gasteiger partial charge in [-0.3, -0.25) is 9.59 Å². The van der Waals surface area contributed by atoms with Crippen molar-refractivity contribution in [1.82, 2.24) is 4.57 Å². The van der Waals surface area contributed by atoms with Crippen LogP contribution < -0.4 is 10.5 Å². The molecule has 1 aromatic heterocycles. The van der Waals surface area contributed by atoms with E-state index in [1.807, 2.05) is 56.3 Å². The molecule has 0 bridgehead atoms. The SMILES string of the molecule is CCn1c(=O)cc(C2CC2)c2cc(C(=O)N(C)c3cccc(C)c3)ccc21. The minimum atomic E-state index is -0.0431. The van der Waals surface area contributed by atoms with E-state index in [1.165, 1.54) is 0 Å². The quantitative estimate of drug-likeness (QED) is 0.688. The van der Waals surface area contributed by atoms with Crippen LogP contribution in [-0.2, 0) is 6.54 Å². The van der Waals surface area contributed by atoms with Crippen LogP contribution in [0.25, 0.3) is 10.9 Å². The first kappa shape index (κ1) is 17.5. The number of hydrogen-bond acceptors (Lipinski definition) is 2. The molecule has 2 aromatic carbocycles. The molecule has 0 N–H and O–H groups in total. The summed E-state index contributed by atoms with van der Waals surface area (Å²) in [6.45, 7) is 4.61. The Labute approximate surface area is 159 Å². The molecular formula is C23H24N2O2. The Balaban J connectivity index is 1.81. The second-order valence-corrected chi connectivity index (χ2v) is 7.39. The molecule has 0 saturated heterocycles. The topological polar surface area (TPSA) is 42.3 Å². The number of nitrogens with zero attached hydrogens (tertiary/aromatic N) is 2. The number of pyridine rings is 1. The molecule has 1 saturated carbocycles. The third kappa shape index (κ3) is 3.16. The van der Waals surface area contributed by atoms with Crippen molar-refractivity contribution in [2.24, 2.45) is 0 Å². The molecule has 0 spiro atoms. The molecule has 4 heteroatoms. The van der Waals surface area contributed by atoms with Gasteiger partial charge < -0.3 is 9.47 Å². The Morgan fingerprint density at radius 2 is 1.93 bits per heavy atom. The van der Waals surface area contributed by atoms with Gasteiger partial charge in [-0.2, -0.15) is 0 Å². The van der Waals surface area contributed by atoms with Gasteiger partial charge in [0.1, 0.15) is 0 Å². The van der Waals surface area contributed by atoms with E-state index >= 15 is 0 Å². The summed E-state index contributed by atoms with van der Waals surface area (Å²) in [5.74, 6) is 0.407. The monoisotopic (exact) mass is 360 g/mol. The van der Waals surface area contributed by atoms with Crippen LogP contribution in [0, 0.1) is 6.92 Å². The molecule has 3 aromatic rings. The lowest BCUT2D eigenvalue weighted by atomic mass is 10.0. The summed E-state index contributed by atoms with van der Waals surface area (Å²) >= 11 is 0. The number of carbonyl (C=O) groups is 1. The number of amides is 1. The van der Waals surface area contributed by atoms with Gasteiger partial charge in [-0.25, -0.2) is 0 Å². The number of hydrogen-bond donors (Lipinski definition) is 0. The maximum atomic E-state index is 13.1. The smallest absolute Gasteiger partial charge is 0.258 e. The van der Waals surface area contributed by atoms with Crippen LogP contribution in [0.5, 0.6) is 0 Å². The average molecular weight is 360 g/mol. The summed E-state index contributed by atoms with van der Waals surface area (Å²) in [7, 11) is 1.80. The van der Waals surface area contributed by atoms with E-state index in [0.717, 1.165) is 40.6 Å². The maximum absolute atomic E-state index is 13.1. The average Bonchev–Trinajstić information content (AvgIpc) is 3.51. The largest absolute Gasteiger partial charge is 0.311 e. The summed E-state index contributed by atoms with van der Waals surface area (Å²) in [6, 6.07) is 15.4. The minimum absolute atomic E-state index is 0.0431. The van der Waals surface area contributed by atoms with E-state index in [0.29, 0.717) is 18.0 Å². The third-order valence-corrected chi connectivity index (χ3v) is 5.42. The molecule has 0 unspecified atom stereocenters. The van der Waals surface area contributed by atoms with Gasteiger partial charge in [0.15, 0.2) is 0 Å². The molecule has 0 radical (unpaired) electrons. The van der Waals surface area contributed by atoms with Crippen molar-refractivity contribution < 1.29 is 4.79 Å². The summed E-state index contributed by atoms with van der Waals surface area (Å²) in [6.07, 6.45) is 2.23. The van der Waals surface area contributed by atoms with Crippen molar-refractivity contribution >= 4 is 22.5 Å². The Hall–Kier alpha value is -2.88. The number of anilines is 1. The fraction of sp³-hybridized carbons (Fsp3) is 0.304. The molecule has 1 fully saturated rings. The van der Waals surface area contributed by atoms with Crippen molar-refractivity contribution in [2.75, 3.05) is 11.9 Å². The van der Waals surface area contributed by atoms with E-state index < -0.39 is 0 Å². The predicted molar refractivity (Wildman–Crippen MR) is 110 cm³/mol. The zero-order valence-corrected chi connectivity index (χ0v) is 16.0.